The molecule has 0 radical (unpaired) electrons. The van der Waals surface area contributed by atoms with Crippen LogP contribution in [-0.2, 0) is 6.54 Å². The Balaban J connectivity index is 2.49. The number of fused-ring (bicyclic) bond motifs is 3. The number of hydrogen-bond acceptors (Lipinski definition) is 3. The maximum Gasteiger partial charge on any atom is 0.328 e. The molecule has 1 aromatic carbocycles. The molecule has 5 nitrogen and oxygen atoms in total. The number of benzene rings is 1. The minimum atomic E-state index is -0.354. The standard InChI is InChI=1S/C15H15N3O2/c1-2-3-9-18-13-10-5-4-8-16-12(10)7-6-11(13)14(19)17-15(18)20/h4-8H,2-3,9H2,1H3,(H,17,19,20). The van der Waals surface area contributed by atoms with Crippen molar-refractivity contribution in [2.24, 2.45) is 0 Å². The van der Waals surface area contributed by atoms with Crippen LogP contribution in [0.2, 0.25) is 0 Å². The van der Waals surface area contributed by atoms with Crippen LogP contribution in [0.4, 0.5) is 0 Å². The van der Waals surface area contributed by atoms with Crippen molar-refractivity contribution >= 4 is 21.8 Å². The lowest BCUT2D eigenvalue weighted by Crippen LogP contribution is -2.30. The Morgan fingerprint density at radius 1 is 1.20 bits per heavy atom. The smallest absolute Gasteiger partial charge is 0.293 e. The first-order chi connectivity index (χ1) is 9.72. The topological polar surface area (TPSA) is 67.8 Å². The molecule has 102 valence electrons. The molecule has 0 aliphatic heterocycles. The Morgan fingerprint density at radius 3 is 2.85 bits per heavy atom. The molecule has 0 aliphatic carbocycles. The van der Waals surface area contributed by atoms with Crippen LogP contribution in [0.5, 0.6) is 0 Å². The third-order valence-corrected chi connectivity index (χ3v) is 3.47. The quantitative estimate of drug-likeness (QED) is 0.740. The van der Waals surface area contributed by atoms with E-state index in [9.17, 15) is 9.59 Å². The van der Waals surface area contributed by atoms with Crippen LogP contribution in [0, 0.1) is 0 Å². The highest BCUT2D eigenvalue weighted by Crippen LogP contribution is 2.20. The van der Waals surface area contributed by atoms with E-state index in [-0.39, 0.29) is 11.2 Å². The third-order valence-electron chi connectivity index (χ3n) is 3.47. The van der Waals surface area contributed by atoms with Crippen LogP contribution in [-0.4, -0.2) is 14.5 Å². The van der Waals surface area contributed by atoms with Crippen LogP contribution in [0.3, 0.4) is 0 Å². The average molecular weight is 269 g/mol. The molecule has 0 amide bonds. The Morgan fingerprint density at radius 2 is 2.05 bits per heavy atom. The zero-order valence-corrected chi connectivity index (χ0v) is 11.2. The van der Waals surface area contributed by atoms with E-state index in [0.29, 0.717) is 17.4 Å². The number of aryl methyl sites for hydroxylation is 1. The summed E-state index contributed by atoms with van der Waals surface area (Å²) in [4.78, 5) is 30.7. The molecule has 20 heavy (non-hydrogen) atoms. The second kappa shape index (κ2) is 4.92. The van der Waals surface area contributed by atoms with Gasteiger partial charge in [0.05, 0.1) is 16.4 Å². The van der Waals surface area contributed by atoms with E-state index in [4.69, 9.17) is 0 Å². The first kappa shape index (κ1) is 12.6. The summed E-state index contributed by atoms with van der Waals surface area (Å²) >= 11 is 0. The van der Waals surface area contributed by atoms with Crippen molar-refractivity contribution < 1.29 is 0 Å². The molecule has 0 saturated carbocycles. The van der Waals surface area contributed by atoms with E-state index in [1.807, 2.05) is 18.2 Å². The van der Waals surface area contributed by atoms with Crippen LogP contribution in [0.1, 0.15) is 19.8 Å². The molecule has 0 spiro atoms. The number of aromatic nitrogens is 3. The molecule has 0 fully saturated rings. The van der Waals surface area contributed by atoms with Crippen LogP contribution >= 0.6 is 0 Å². The molecule has 0 saturated heterocycles. The van der Waals surface area contributed by atoms with Crippen molar-refractivity contribution in [2.45, 2.75) is 26.3 Å². The number of H-pyrrole nitrogens is 1. The summed E-state index contributed by atoms with van der Waals surface area (Å²) < 4.78 is 1.64. The highest BCUT2D eigenvalue weighted by molar-refractivity contribution is 6.03. The van der Waals surface area contributed by atoms with Crippen molar-refractivity contribution in [3.8, 4) is 0 Å². The van der Waals surface area contributed by atoms with Gasteiger partial charge in [0, 0.05) is 18.1 Å². The lowest BCUT2D eigenvalue weighted by atomic mass is 10.1. The number of aromatic amines is 1. The van der Waals surface area contributed by atoms with Gasteiger partial charge in [0.2, 0.25) is 0 Å². The minimum absolute atomic E-state index is 0.344. The molecule has 2 heterocycles. The number of nitrogens with zero attached hydrogens (tertiary/aromatic N) is 2. The van der Waals surface area contributed by atoms with Gasteiger partial charge in [-0.15, -0.1) is 0 Å². The average Bonchev–Trinajstić information content (AvgIpc) is 2.46. The maximum atomic E-state index is 12.1. The monoisotopic (exact) mass is 269 g/mol. The largest absolute Gasteiger partial charge is 0.328 e. The molecular formula is C15H15N3O2. The Hall–Kier alpha value is -2.43. The van der Waals surface area contributed by atoms with Crippen molar-refractivity contribution in [1.29, 1.82) is 0 Å². The summed E-state index contributed by atoms with van der Waals surface area (Å²) in [6.07, 6.45) is 3.57. The fourth-order valence-electron chi connectivity index (χ4n) is 2.47. The molecule has 2 aromatic heterocycles. The summed E-state index contributed by atoms with van der Waals surface area (Å²) in [7, 11) is 0. The van der Waals surface area contributed by atoms with Crippen LogP contribution < -0.4 is 11.2 Å². The zero-order valence-electron chi connectivity index (χ0n) is 11.2. The van der Waals surface area contributed by atoms with Gasteiger partial charge in [0.15, 0.2) is 0 Å². The number of nitrogens with one attached hydrogen (secondary N) is 1. The molecule has 0 bridgehead atoms. The van der Waals surface area contributed by atoms with Crippen molar-refractivity contribution in [1.82, 2.24) is 14.5 Å². The van der Waals surface area contributed by atoms with E-state index >= 15 is 0 Å². The Bertz CT molecular complexity index is 893. The summed E-state index contributed by atoms with van der Waals surface area (Å²) in [5.41, 5.74) is 0.767. The lowest BCUT2D eigenvalue weighted by molar-refractivity contribution is 0.618. The van der Waals surface area contributed by atoms with Gasteiger partial charge >= 0.3 is 5.69 Å². The second-order valence-electron chi connectivity index (χ2n) is 4.80. The predicted octanol–water partition coefficient (Wildman–Crippen LogP) is 2.04. The summed E-state index contributed by atoms with van der Waals surface area (Å²) in [6.45, 7) is 2.66. The number of rotatable bonds is 3. The first-order valence-corrected chi connectivity index (χ1v) is 6.73. The van der Waals surface area contributed by atoms with Gasteiger partial charge in [-0.1, -0.05) is 13.3 Å². The molecule has 1 N–H and O–H groups in total. The molecular weight excluding hydrogens is 254 g/mol. The maximum absolute atomic E-state index is 12.1. The predicted molar refractivity (Wildman–Crippen MR) is 79.0 cm³/mol. The van der Waals surface area contributed by atoms with Crippen LogP contribution in [0.15, 0.2) is 40.1 Å². The lowest BCUT2D eigenvalue weighted by Gasteiger charge is -2.11. The van der Waals surface area contributed by atoms with E-state index in [1.54, 1.807) is 16.8 Å². The SMILES string of the molecule is CCCCn1c(=O)[nH]c(=O)c2ccc3ncccc3c21. The van der Waals surface area contributed by atoms with Gasteiger partial charge in [0.25, 0.3) is 5.56 Å². The molecule has 0 unspecified atom stereocenters. The van der Waals surface area contributed by atoms with Gasteiger partial charge < -0.3 is 0 Å². The summed E-state index contributed by atoms with van der Waals surface area (Å²) in [5.74, 6) is 0. The molecule has 0 aliphatic rings. The van der Waals surface area contributed by atoms with Crippen molar-refractivity contribution in [3.05, 3.63) is 51.3 Å². The Kier molecular flexibility index (Phi) is 3.10. The fourth-order valence-corrected chi connectivity index (χ4v) is 2.47. The fraction of sp³-hybridized carbons (Fsp3) is 0.267. The van der Waals surface area contributed by atoms with E-state index in [0.717, 1.165) is 23.7 Å². The molecule has 5 heteroatoms. The number of unbranched alkanes of at least 4 members (excludes halogenated alkanes) is 1. The Labute approximate surface area is 114 Å². The highest BCUT2D eigenvalue weighted by Gasteiger charge is 2.10. The van der Waals surface area contributed by atoms with Crippen molar-refractivity contribution in [2.75, 3.05) is 0 Å². The van der Waals surface area contributed by atoms with Gasteiger partial charge in [0.1, 0.15) is 0 Å². The molecule has 3 aromatic rings. The van der Waals surface area contributed by atoms with E-state index in [2.05, 4.69) is 16.9 Å². The van der Waals surface area contributed by atoms with Gasteiger partial charge in [-0.25, -0.2) is 4.79 Å². The van der Waals surface area contributed by atoms with E-state index in [1.165, 1.54) is 0 Å². The van der Waals surface area contributed by atoms with Crippen LogP contribution in [0.25, 0.3) is 21.8 Å². The first-order valence-electron chi connectivity index (χ1n) is 6.73. The normalized spacial score (nSPS) is 11.2. The van der Waals surface area contributed by atoms with Crippen molar-refractivity contribution in [3.63, 3.8) is 0 Å². The van der Waals surface area contributed by atoms with E-state index < -0.39 is 0 Å². The summed E-state index contributed by atoms with van der Waals surface area (Å²) in [5, 5.41) is 1.37. The second-order valence-corrected chi connectivity index (χ2v) is 4.80. The molecule has 0 atom stereocenters. The van der Waals surface area contributed by atoms with Gasteiger partial charge in [-0.05, 0) is 30.7 Å². The minimum Gasteiger partial charge on any atom is -0.293 e. The molecule has 3 rings (SSSR count). The highest BCUT2D eigenvalue weighted by atomic mass is 16.2. The van der Waals surface area contributed by atoms with Gasteiger partial charge in [-0.2, -0.15) is 0 Å². The third kappa shape index (κ3) is 1.91. The number of hydrogen-bond donors (Lipinski definition) is 1. The number of pyridine rings is 1. The van der Waals surface area contributed by atoms with Gasteiger partial charge in [-0.3, -0.25) is 19.3 Å². The zero-order chi connectivity index (χ0) is 14.1. The summed E-state index contributed by atoms with van der Waals surface area (Å²) in [6, 6.07) is 7.25.